The van der Waals surface area contributed by atoms with Gasteiger partial charge in [0.05, 0.1) is 10.6 Å². The fraction of sp³-hybridized carbons (Fsp3) is 0.143. The molecule has 10 heavy (non-hydrogen) atoms. The second kappa shape index (κ2) is 2.68. The second-order valence-electron chi connectivity index (χ2n) is 1.91. The minimum absolute atomic E-state index is 0.535. The maximum absolute atomic E-state index is 8.49. The molecule has 1 aromatic rings. The number of hydrogen-bond acceptors (Lipinski definition) is 2. The van der Waals surface area contributed by atoms with Crippen LogP contribution in [0.5, 0.6) is 0 Å². The van der Waals surface area contributed by atoms with Gasteiger partial charge in [-0.25, -0.2) is 0 Å². The van der Waals surface area contributed by atoms with Crippen molar-refractivity contribution in [1.82, 2.24) is 4.98 Å². The van der Waals surface area contributed by atoms with Gasteiger partial charge in [0.2, 0.25) is 0 Å². The quantitative estimate of drug-likeness (QED) is 0.570. The maximum Gasteiger partial charge on any atom is 0.101 e. The second-order valence-corrected chi connectivity index (χ2v) is 2.31. The molecule has 2 nitrogen and oxygen atoms in total. The predicted octanol–water partition coefficient (Wildman–Crippen LogP) is 1.92. The fourth-order valence-electron chi connectivity index (χ4n) is 0.612. The number of hydrogen-bond donors (Lipinski definition) is 0. The molecule has 0 atom stereocenters. The van der Waals surface area contributed by atoms with Gasteiger partial charge in [0.25, 0.3) is 0 Å². The van der Waals surface area contributed by atoms with Gasteiger partial charge < -0.3 is 0 Å². The Morgan fingerprint density at radius 3 is 2.80 bits per heavy atom. The number of rotatable bonds is 0. The summed E-state index contributed by atoms with van der Waals surface area (Å²) in [6, 6.07) is 1.99. The van der Waals surface area contributed by atoms with Gasteiger partial charge in [0.15, 0.2) is 0 Å². The van der Waals surface area contributed by atoms with E-state index in [1.807, 2.05) is 6.07 Å². The average molecular weight is 153 g/mol. The van der Waals surface area contributed by atoms with Crippen molar-refractivity contribution >= 4 is 11.6 Å². The molecule has 0 saturated heterocycles. The normalized spacial score (nSPS) is 8.90. The molecule has 0 N–H and O–H groups in total. The lowest BCUT2D eigenvalue weighted by Crippen LogP contribution is -1.84. The van der Waals surface area contributed by atoms with Crippen LogP contribution >= 0.6 is 11.6 Å². The Morgan fingerprint density at radius 2 is 2.30 bits per heavy atom. The van der Waals surface area contributed by atoms with Gasteiger partial charge in [-0.3, -0.25) is 4.98 Å². The van der Waals surface area contributed by atoms with Crippen molar-refractivity contribution in [3.63, 3.8) is 0 Å². The minimum atomic E-state index is 0.535. The lowest BCUT2D eigenvalue weighted by molar-refractivity contribution is 1.25. The summed E-state index contributed by atoms with van der Waals surface area (Å²) in [4.78, 5) is 3.76. The zero-order valence-corrected chi connectivity index (χ0v) is 6.18. The molecule has 0 aliphatic heterocycles. The van der Waals surface area contributed by atoms with Gasteiger partial charge in [-0.1, -0.05) is 11.6 Å². The van der Waals surface area contributed by atoms with Crippen LogP contribution in [0.3, 0.4) is 0 Å². The molecule has 0 radical (unpaired) electrons. The van der Waals surface area contributed by atoms with Gasteiger partial charge in [-0.2, -0.15) is 5.26 Å². The lowest BCUT2D eigenvalue weighted by atomic mass is 10.2. The molecular weight excluding hydrogens is 148 g/mol. The van der Waals surface area contributed by atoms with Crippen molar-refractivity contribution in [1.29, 1.82) is 5.26 Å². The highest BCUT2D eigenvalue weighted by atomic mass is 35.5. The molecule has 0 amide bonds. The van der Waals surface area contributed by atoms with Crippen molar-refractivity contribution in [2.75, 3.05) is 0 Å². The molecule has 1 aromatic heterocycles. The van der Waals surface area contributed by atoms with Crippen LogP contribution in [0.15, 0.2) is 12.4 Å². The van der Waals surface area contributed by atoms with Crippen molar-refractivity contribution in [2.24, 2.45) is 0 Å². The molecule has 0 saturated carbocycles. The third-order valence-corrected chi connectivity index (χ3v) is 1.66. The number of nitrogens with zero attached hydrogens (tertiary/aromatic N) is 2. The molecule has 0 unspecified atom stereocenters. The van der Waals surface area contributed by atoms with Crippen LogP contribution in [0.25, 0.3) is 0 Å². The number of nitriles is 1. The SMILES string of the molecule is Cc1c(Cl)cncc1C#N. The summed E-state index contributed by atoms with van der Waals surface area (Å²) in [5.74, 6) is 0. The summed E-state index contributed by atoms with van der Waals surface area (Å²) in [5.41, 5.74) is 1.33. The van der Waals surface area contributed by atoms with Gasteiger partial charge in [-0.05, 0) is 12.5 Å². The third kappa shape index (κ3) is 1.09. The summed E-state index contributed by atoms with van der Waals surface area (Å²) in [6.45, 7) is 1.79. The fourth-order valence-corrected chi connectivity index (χ4v) is 0.770. The summed E-state index contributed by atoms with van der Waals surface area (Å²) in [7, 11) is 0. The van der Waals surface area contributed by atoms with Crippen molar-refractivity contribution < 1.29 is 0 Å². The molecule has 0 aromatic carbocycles. The standard InChI is InChI=1S/C7H5ClN2/c1-5-6(2-9)3-10-4-7(5)8/h3-4H,1H3. The van der Waals surface area contributed by atoms with E-state index in [-0.39, 0.29) is 0 Å². The number of halogens is 1. The van der Waals surface area contributed by atoms with Crippen molar-refractivity contribution in [2.45, 2.75) is 6.92 Å². The van der Waals surface area contributed by atoms with E-state index in [0.29, 0.717) is 10.6 Å². The Balaban J connectivity index is 3.31. The first-order valence-corrected chi connectivity index (χ1v) is 3.13. The van der Waals surface area contributed by atoms with E-state index in [9.17, 15) is 0 Å². The van der Waals surface area contributed by atoms with Crippen LogP contribution in [-0.4, -0.2) is 4.98 Å². The van der Waals surface area contributed by atoms with E-state index in [1.165, 1.54) is 12.4 Å². The summed E-state index contributed by atoms with van der Waals surface area (Å²) < 4.78 is 0. The summed E-state index contributed by atoms with van der Waals surface area (Å²) in [6.07, 6.45) is 3.03. The molecule has 0 fully saturated rings. The molecule has 3 heteroatoms. The smallest absolute Gasteiger partial charge is 0.101 e. The summed E-state index contributed by atoms with van der Waals surface area (Å²) >= 11 is 5.68. The largest absolute Gasteiger partial charge is 0.262 e. The predicted molar refractivity (Wildman–Crippen MR) is 38.7 cm³/mol. The van der Waals surface area contributed by atoms with Crippen LogP contribution < -0.4 is 0 Å². The Bertz CT molecular complexity index is 288. The first-order valence-electron chi connectivity index (χ1n) is 2.76. The van der Waals surface area contributed by atoms with E-state index in [2.05, 4.69) is 4.98 Å². The molecule has 0 aliphatic carbocycles. The van der Waals surface area contributed by atoms with E-state index in [1.54, 1.807) is 6.92 Å². The number of pyridine rings is 1. The van der Waals surface area contributed by atoms with Gasteiger partial charge in [0.1, 0.15) is 6.07 Å². The van der Waals surface area contributed by atoms with Crippen LogP contribution in [0.4, 0.5) is 0 Å². The molecule has 0 aliphatic rings. The topological polar surface area (TPSA) is 36.7 Å². The summed E-state index contributed by atoms with van der Waals surface area (Å²) in [5, 5.41) is 9.04. The molecule has 0 bridgehead atoms. The van der Waals surface area contributed by atoms with E-state index in [4.69, 9.17) is 16.9 Å². The van der Waals surface area contributed by atoms with Gasteiger partial charge in [-0.15, -0.1) is 0 Å². The van der Waals surface area contributed by atoms with Crippen LogP contribution in [0, 0.1) is 18.3 Å². The third-order valence-electron chi connectivity index (χ3n) is 1.27. The zero-order chi connectivity index (χ0) is 7.56. The first-order chi connectivity index (χ1) is 4.75. The van der Waals surface area contributed by atoms with Gasteiger partial charge >= 0.3 is 0 Å². The van der Waals surface area contributed by atoms with Gasteiger partial charge in [0, 0.05) is 12.4 Å². The Morgan fingerprint density at radius 1 is 1.60 bits per heavy atom. The first kappa shape index (κ1) is 7.04. The molecule has 50 valence electrons. The van der Waals surface area contributed by atoms with E-state index < -0.39 is 0 Å². The van der Waals surface area contributed by atoms with Crippen LogP contribution in [-0.2, 0) is 0 Å². The van der Waals surface area contributed by atoms with E-state index in [0.717, 1.165) is 5.56 Å². The maximum atomic E-state index is 8.49. The molecule has 1 heterocycles. The lowest BCUT2D eigenvalue weighted by Gasteiger charge is -1.95. The zero-order valence-electron chi connectivity index (χ0n) is 5.43. The molecule has 1 rings (SSSR count). The number of aromatic nitrogens is 1. The van der Waals surface area contributed by atoms with Crippen LogP contribution in [0.2, 0.25) is 5.02 Å². The van der Waals surface area contributed by atoms with Crippen molar-refractivity contribution in [3.05, 3.63) is 28.5 Å². The molecular formula is C7H5ClN2. The Kier molecular flexibility index (Phi) is 1.88. The monoisotopic (exact) mass is 152 g/mol. The highest BCUT2D eigenvalue weighted by molar-refractivity contribution is 6.31. The highest BCUT2D eigenvalue weighted by Crippen LogP contribution is 2.15. The highest BCUT2D eigenvalue weighted by Gasteiger charge is 1.99. The minimum Gasteiger partial charge on any atom is -0.262 e. The Hall–Kier alpha value is -1.07. The van der Waals surface area contributed by atoms with Crippen molar-refractivity contribution in [3.8, 4) is 6.07 Å². The van der Waals surface area contributed by atoms with E-state index >= 15 is 0 Å². The van der Waals surface area contributed by atoms with Crippen LogP contribution in [0.1, 0.15) is 11.1 Å². The molecule has 0 spiro atoms. The Labute approximate surface area is 64.1 Å². The average Bonchev–Trinajstić information content (AvgIpc) is 1.95.